The first-order chi connectivity index (χ1) is 9.76. The van der Waals surface area contributed by atoms with Crippen molar-refractivity contribution in [2.24, 2.45) is 0 Å². The first-order valence-corrected chi connectivity index (χ1v) is 6.92. The highest BCUT2D eigenvalue weighted by molar-refractivity contribution is 5.94. The number of carbonyl (C=O) groups is 1. The van der Waals surface area contributed by atoms with Gasteiger partial charge in [0.15, 0.2) is 0 Å². The van der Waals surface area contributed by atoms with E-state index in [2.05, 4.69) is 34.9 Å². The number of nitrogens with one attached hydrogen (secondary N) is 2. The number of benzene rings is 2. The van der Waals surface area contributed by atoms with Gasteiger partial charge in [0.25, 0.3) is 5.91 Å². The molecule has 0 bridgehead atoms. The molecule has 2 aromatic carbocycles. The van der Waals surface area contributed by atoms with Crippen molar-refractivity contribution in [1.82, 2.24) is 5.32 Å². The van der Waals surface area contributed by atoms with Crippen LogP contribution < -0.4 is 10.6 Å². The Bertz CT molecular complexity index is 594. The van der Waals surface area contributed by atoms with E-state index in [-0.39, 0.29) is 5.91 Å². The molecule has 0 saturated carbocycles. The Kier molecular flexibility index (Phi) is 3.42. The molecule has 1 aliphatic rings. The topological polar surface area (TPSA) is 41.1 Å². The maximum atomic E-state index is 11.5. The quantitative estimate of drug-likeness (QED) is 0.896. The molecule has 0 heterocycles. The van der Waals surface area contributed by atoms with Gasteiger partial charge in [0.2, 0.25) is 0 Å². The molecule has 0 fully saturated rings. The van der Waals surface area contributed by atoms with Crippen LogP contribution >= 0.6 is 0 Å². The minimum Gasteiger partial charge on any atom is -0.382 e. The van der Waals surface area contributed by atoms with E-state index < -0.39 is 0 Å². The molecule has 2 N–H and O–H groups in total. The minimum atomic E-state index is -0.0511. The van der Waals surface area contributed by atoms with Gasteiger partial charge in [-0.2, -0.15) is 0 Å². The number of rotatable bonds is 3. The second-order valence-corrected chi connectivity index (χ2v) is 5.17. The third kappa shape index (κ3) is 2.52. The lowest BCUT2D eigenvalue weighted by Gasteiger charge is -2.13. The molecule has 20 heavy (non-hydrogen) atoms. The molecule has 3 rings (SSSR count). The summed E-state index contributed by atoms with van der Waals surface area (Å²) in [7, 11) is 1.64. The van der Waals surface area contributed by atoms with Gasteiger partial charge in [-0.3, -0.25) is 4.79 Å². The molecule has 0 aromatic heterocycles. The van der Waals surface area contributed by atoms with E-state index in [4.69, 9.17) is 0 Å². The zero-order valence-corrected chi connectivity index (χ0v) is 11.5. The van der Waals surface area contributed by atoms with Gasteiger partial charge >= 0.3 is 0 Å². The van der Waals surface area contributed by atoms with Crippen LogP contribution in [0.25, 0.3) is 0 Å². The van der Waals surface area contributed by atoms with Crippen LogP contribution in [0.3, 0.4) is 0 Å². The zero-order chi connectivity index (χ0) is 13.9. The average molecular weight is 266 g/mol. The summed E-state index contributed by atoms with van der Waals surface area (Å²) in [5, 5.41) is 6.17. The lowest BCUT2D eigenvalue weighted by atomic mass is 10.1. The summed E-state index contributed by atoms with van der Waals surface area (Å²) in [6.07, 6.45) is 2.13. The number of anilines is 1. The molecule has 1 aliphatic carbocycles. The predicted molar refractivity (Wildman–Crippen MR) is 81.1 cm³/mol. The van der Waals surface area contributed by atoms with Crippen molar-refractivity contribution in [3.63, 3.8) is 0 Å². The number of carbonyl (C=O) groups excluding carboxylic acids is 1. The molecule has 0 radical (unpaired) electrons. The van der Waals surface area contributed by atoms with E-state index in [1.54, 1.807) is 7.05 Å². The summed E-state index contributed by atoms with van der Waals surface area (Å²) in [5.41, 5.74) is 4.63. The highest BCUT2D eigenvalue weighted by atomic mass is 16.1. The molecular weight excluding hydrogens is 248 g/mol. The van der Waals surface area contributed by atoms with E-state index in [1.165, 1.54) is 11.1 Å². The Morgan fingerprint density at radius 3 is 2.15 bits per heavy atom. The van der Waals surface area contributed by atoms with Crippen LogP contribution in [0.5, 0.6) is 0 Å². The molecule has 0 saturated heterocycles. The normalized spacial score (nSPS) is 13.8. The standard InChI is InChI=1S/C17H18N2O/c1-18-17(20)12-6-8-15(9-7-12)19-16-10-13-4-2-3-5-14(13)11-16/h2-9,16,19H,10-11H2,1H3,(H,18,20). The van der Waals surface area contributed by atoms with Crippen molar-refractivity contribution in [3.05, 3.63) is 65.2 Å². The monoisotopic (exact) mass is 266 g/mol. The Balaban J connectivity index is 1.66. The van der Waals surface area contributed by atoms with Crippen molar-refractivity contribution in [2.75, 3.05) is 12.4 Å². The fraction of sp³-hybridized carbons (Fsp3) is 0.235. The van der Waals surface area contributed by atoms with Crippen LogP contribution in [0.2, 0.25) is 0 Å². The van der Waals surface area contributed by atoms with Crippen LogP contribution in [-0.2, 0) is 12.8 Å². The molecule has 1 amide bonds. The minimum absolute atomic E-state index is 0.0511. The van der Waals surface area contributed by atoms with Crippen molar-refractivity contribution >= 4 is 11.6 Å². The first kappa shape index (κ1) is 12.7. The highest BCUT2D eigenvalue weighted by Crippen LogP contribution is 2.24. The summed E-state index contributed by atoms with van der Waals surface area (Å²) in [4.78, 5) is 11.5. The van der Waals surface area contributed by atoms with Gasteiger partial charge in [-0.25, -0.2) is 0 Å². The van der Waals surface area contributed by atoms with Crippen LogP contribution in [0, 0.1) is 0 Å². The molecule has 0 atom stereocenters. The fourth-order valence-electron chi connectivity index (χ4n) is 2.76. The van der Waals surface area contributed by atoms with Crippen molar-refractivity contribution < 1.29 is 4.79 Å². The van der Waals surface area contributed by atoms with Gasteiger partial charge in [-0.15, -0.1) is 0 Å². The molecule has 102 valence electrons. The predicted octanol–water partition coefficient (Wildman–Crippen LogP) is 2.63. The Morgan fingerprint density at radius 1 is 1.00 bits per heavy atom. The molecule has 2 aromatic rings. The lowest BCUT2D eigenvalue weighted by Crippen LogP contribution is -2.20. The van der Waals surface area contributed by atoms with Crippen LogP contribution in [0.1, 0.15) is 21.5 Å². The van der Waals surface area contributed by atoms with Gasteiger partial charge < -0.3 is 10.6 Å². The first-order valence-electron chi connectivity index (χ1n) is 6.92. The van der Waals surface area contributed by atoms with Gasteiger partial charge in [0.05, 0.1) is 0 Å². The van der Waals surface area contributed by atoms with Crippen LogP contribution in [0.4, 0.5) is 5.69 Å². The van der Waals surface area contributed by atoms with Crippen LogP contribution in [0.15, 0.2) is 48.5 Å². The summed E-state index contributed by atoms with van der Waals surface area (Å²) in [6, 6.07) is 16.7. The molecule has 0 spiro atoms. The number of hydrogen-bond donors (Lipinski definition) is 2. The summed E-state index contributed by atoms with van der Waals surface area (Å²) in [5.74, 6) is -0.0511. The van der Waals surface area contributed by atoms with Gasteiger partial charge in [0.1, 0.15) is 0 Å². The molecular formula is C17H18N2O. The van der Waals surface area contributed by atoms with Crippen molar-refractivity contribution in [1.29, 1.82) is 0 Å². The number of amides is 1. The maximum absolute atomic E-state index is 11.5. The second kappa shape index (κ2) is 5.37. The lowest BCUT2D eigenvalue weighted by molar-refractivity contribution is 0.0963. The van der Waals surface area contributed by atoms with E-state index in [0.717, 1.165) is 18.5 Å². The van der Waals surface area contributed by atoms with E-state index in [1.807, 2.05) is 24.3 Å². The van der Waals surface area contributed by atoms with E-state index in [0.29, 0.717) is 11.6 Å². The van der Waals surface area contributed by atoms with Crippen molar-refractivity contribution in [3.8, 4) is 0 Å². The summed E-state index contributed by atoms with van der Waals surface area (Å²) < 4.78 is 0. The third-order valence-electron chi connectivity index (χ3n) is 3.80. The molecule has 0 aliphatic heterocycles. The van der Waals surface area contributed by atoms with E-state index >= 15 is 0 Å². The summed E-state index contributed by atoms with van der Waals surface area (Å²) in [6.45, 7) is 0. The Morgan fingerprint density at radius 2 is 1.60 bits per heavy atom. The van der Waals surface area contributed by atoms with E-state index in [9.17, 15) is 4.79 Å². The molecule has 0 unspecified atom stereocenters. The number of hydrogen-bond acceptors (Lipinski definition) is 2. The second-order valence-electron chi connectivity index (χ2n) is 5.17. The Labute approximate surface area is 119 Å². The molecule has 3 nitrogen and oxygen atoms in total. The van der Waals surface area contributed by atoms with Gasteiger partial charge in [-0.1, -0.05) is 24.3 Å². The van der Waals surface area contributed by atoms with Crippen LogP contribution in [-0.4, -0.2) is 19.0 Å². The average Bonchev–Trinajstić information content (AvgIpc) is 2.89. The fourth-order valence-corrected chi connectivity index (χ4v) is 2.76. The molecule has 3 heteroatoms. The maximum Gasteiger partial charge on any atom is 0.251 e. The zero-order valence-electron chi connectivity index (χ0n) is 11.5. The Hall–Kier alpha value is -2.29. The number of fused-ring (bicyclic) bond motifs is 1. The summed E-state index contributed by atoms with van der Waals surface area (Å²) >= 11 is 0. The van der Waals surface area contributed by atoms with Gasteiger partial charge in [-0.05, 0) is 48.2 Å². The SMILES string of the molecule is CNC(=O)c1ccc(NC2Cc3ccccc3C2)cc1. The largest absolute Gasteiger partial charge is 0.382 e. The smallest absolute Gasteiger partial charge is 0.251 e. The van der Waals surface area contributed by atoms with Gasteiger partial charge in [0, 0.05) is 24.3 Å². The van der Waals surface area contributed by atoms with Crippen molar-refractivity contribution in [2.45, 2.75) is 18.9 Å². The highest BCUT2D eigenvalue weighted by Gasteiger charge is 2.20. The third-order valence-corrected chi connectivity index (χ3v) is 3.80.